The second-order valence-electron chi connectivity index (χ2n) is 9.76. The van der Waals surface area contributed by atoms with Crippen molar-refractivity contribution in [3.05, 3.63) is 87.3 Å². The Bertz CT molecular complexity index is 1660. The minimum atomic E-state index is -0.650. The molecule has 45 heavy (non-hydrogen) atoms. The Hall–Kier alpha value is -4.81. The van der Waals surface area contributed by atoms with Gasteiger partial charge in [-0.2, -0.15) is 0 Å². The lowest BCUT2D eigenvalue weighted by atomic mass is 10.2. The van der Waals surface area contributed by atoms with E-state index in [2.05, 4.69) is 10.6 Å². The predicted molar refractivity (Wildman–Crippen MR) is 172 cm³/mol. The van der Waals surface area contributed by atoms with Crippen LogP contribution in [0, 0.1) is 6.92 Å². The van der Waals surface area contributed by atoms with E-state index in [4.69, 9.17) is 25.8 Å². The second-order valence-corrected chi connectivity index (χ2v) is 11.2. The van der Waals surface area contributed by atoms with E-state index in [-0.39, 0.29) is 40.3 Å². The number of imide groups is 1. The molecule has 3 aromatic rings. The molecule has 1 heterocycles. The number of nitrogens with one attached hydrogen (secondary N) is 2. The zero-order valence-electron chi connectivity index (χ0n) is 24.7. The molecule has 0 bridgehead atoms. The van der Waals surface area contributed by atoms with Gasteiger partial charge in [0.05, 0.1) is 29.2 Å². The fourth-order valence-electron chi connectivity index (χ4n) is 4.03. The fourth-order valence-corrected chi connectivity index (χ4v) is 5.07. The third kappa shape index (κ3) is 8.87. The molecule has 234 valence electrons. The highest BCUT2D eigenvalue weighted by Crippen LogP contribution is 2.34. The molecule has 0 saturated carbocycles. The van der Waals surface area contributed by atoms with Crippen molar-refractivity contribution in [2.45, 2.75) is 20.3 Å². The number of halogens is 1. The fraction of sp³-hybridized carbons (Fsp3) is 0.219. The molecule has 4 rings (SSSR count). The van der Waals surface area contributed by atoms with Crippen LogP contribution in [0.1, 0.15) is 34.8 Å². The minimum absolute atomic E-state index is 0.0781. The van der Waals surface area contributed by atoms with Crippen molar-refractivity contribution in [1.29, 1.82) is 0 Å². The summed E-state index contributed by atoms with van der Waals surface area (Å²) in [6.07, 6.45) is 2.13. The van der Waals surface area contributed by atoms with Gasteiger partial charge in [-0.25, -0.2) is 4.79 Å². The number of hydrogen-bond acceptors (Lipinski definition) is 9. The van der Waals surface area contributed by atoms with Gasteiger partial charge in [-0.15, -0.1) is 0 Å². The number of ether oxygens (including phenoxy) is 3. The summed E-state index contributed by atoms with van der Waals surface area (Å²) in [5.41, 5.74) is 2.57. The molecule has 0 atom stereocenters. The quantitative estimate of drug-likeness (QED) is 0.180. The van der Waals surface area contributed by atoms with Crippen LogP contribution >= 0.6 is 23.4 Å². The normalized spacial score (nSPS) is 13.5. The van der Waals surface area contributed by atoms with Gasteiger partial charge < -0.3 is 24.8 Å². The van der Waals surface area contributed by atoms with Gasteiger partial charge in [-0.05, 0) is 79.2 Å². The zero-order valence-corrected chi connectivity index (χ0v) is 26.3. The molecule has 2 N–H and O–H groups in total. The van der Waals surface area contributed by atoms with Crippen molar-refractivity contribution >= 4 is 69.7 Å². The van der Waals surface area contributed by atoms with E-state index in [0.717, 1.165) is 10.5 Å². The Morgan fingerprint density at radius 1 is 0.933 bits per heavy atom. The first-order valence-corrected chi connectivity index (χ1v) is 15.0. The van der Waals surface area contributed by atoms with E-state index < -0.39 is 29.6 Å². The molecule has 1 saturated heterocycles. The molecule has 13 heteroatoms. The van der Waals surface area contributed by atoms with Crippen LogP contribution in [0.5, 0.6) is 11.5 Å². The van der Waals surface area contributed by atoms with E-state index in [0.29, 0.717) is 40.9 Å². The van der Waals surface area contributed by atoms with Crippen molar-refractivity contribution in [3.8, 4) is 11.5 Å². The van der Waals surface area contributed by atoms with E-state index in [1.54, 1.807) is 30.3 Å². The van der Waals surface area contributed by atoms with Crippen molar-refractivity contribution in [2.75, 3.05) is 37.5 Å². The Kier molecular flexibility index (Phi) is 11.2. The number of anilines is 2. The molecule has 0 spiro atoms. The maximum absolute atomic E-state index is 13.0. The number of methoxy groups -OCH3 is 1. The smallest absolute Gasteiger partial charge is 0.339 e. The van der Waals surface area contributed by atoms with Crippen LogP contribution in [0.4, 0.5) is 16.2 Å². The van der Waals surface area contributed by atoms with Crippen molar-refractivity contribution in [2.24, 2.45) is 0 Å². The second kappa shape index (κ2) is 15.3. The van der Waals surface area contributed by atoms with Gasteiger partial charge in [-0.3, -0.25) is 24.1 Å². The monoisotopic (exact) mass is 651 g/mol. The van der Waals surface area contributed by atoms with Crippen LogP contribution in [-0.2, 0) is 19.1 Å². The lowest BCUT2D eigenvalue weighted by Gasteiger charge is -2.13. The molecular weight excluding hydrogens is 622 g/mol. The molecule has 0 aromatic heterocycles. The molecule has 0 radical (unpaired) electrons. The summed E-state index contributed by atoms with van der Waals surface area (Å²) in [7, 11) is 1.43. The summed E-state index contributed by atoms with van der Waals surface area (Å²) in [6, 6.07) is 16.5. The first kappa shape index (κ1) is 33.1. The molecule has 3 aromatic carbocycles. The van der Waals surface area contributed by atoms with E-state index in [1.807, 2.05) is 26.0 Å². The van der Waals surface area contributed by atoms with Crippen molar-refractivity contribution < 1.29 is 38.2 Å². The third-order valence-corrected chi connectivity index (χ3v) is 7.50. The number of thioether (sulfide) groups is 1. The lowest BCUT2D eigenvalue weighted by molar-refractivity contribution is -0.127. The number of rotatable bonds is 12. The number of carbonyl (C=O) groups is 5. The van der Waals surface area contributed by atoms with Crippen molar-refractivity contribution in [3.63, 3.8) is 0 Å². The molecule has 1 aliphatic rings. The Labute approximate surface area is 268 Å². The van der Waals surface area contributed by atoms with Gasteiger partial charge in [0.1, 0.15) is 6.54 Å². The van der Waals surface area contributed by atoms with E-state index in [9.17, 15) is 24.0 Å². The van der Waals surface area contributed by atoms with E-state index >= 15 is 0 Å². The molecular formula is C32H30ClN3O8S. The molecule has 11 nitrogen and oxygen atoms in total. The van der Waals surface area contributed by atoms with Crippen LogP contribution in [-0.4, -0.2) is 60.7 Å². The summed E-state index contributed by atoms with van der Waals surface area (Å²) in [5, 5.41) is 4.86. The highest BCUT2D eigenvalue weighted by molar-refractivity contribution is 8.18. The number of nitrogens with zero attached hydrogens (tertiary/aromatic N) is 1. The minimum Gasteiger partial charge on any atom is -0.493 e. The van der Waals surface area contributed by atoms with Crippen LogP contribution < -0.4 is 20.1 Å². The average Bonchev–Trinajstić information content (AvgIpc) is 3.28. The highest BCUT2D eigenvalue weighted by atomic mass is 35.5. The Morgan fingerprint density at radius 2 is 1.64 bits per heavy atom. The average molecular weight is 652 g/mol. The number of benzene rings is 3. The number of hydrogen-bond donors (Lipinski definition) is 2. The number of aryl methyl sites for hydroxylation is 1. The molecule has 4 amide bonds. The van der Waals surface area contributed by atoms with Gasteiger partial charge in [0.25, 0.3) is 17.1 Å². The third-order valence-electron chi connectivity index (χ3n) is 6.26. The topological polar surface area (TPSA) is 140 Å². The van der Waals surface area contributed by atoms with Crippen LogP contribution in [0.2, 0.25) is 5.02 Å². The molecule has 1 aliphatic heterocycles. The van der Waals surface area contributed by atoms with Gasteiger partial charge in [0.15, 0.2) is 18.1 Å². The zero-order chi connectivity index (χ0) is 32.5. The summed E-state index contributed by atoms with van der Waals surface area (Å²) in [4.78, 5) is 63.8. The maximum Gasteiger partial charge on any atom is 0.339 e. The Balaban J connectivity index is 1.37. The summed E-state index contributed by atoms with van der Waals surface area (Å²) in [5.74, 6) is -1.66. The largest absolute Gasteiger partial charge is 0.493 e. The van der Waals surface area contributed by atoms with Crippen LogP contribution in [0.25, 0.3) is 6.08 Å². The maximum atomic E-state index is 13.0. The van der Waals surface area contributed by atoms with Gasteiger partial charge >= 0.3 is 5.97 Å². The number of amides is 4. The van der Waals surface area contributed by atoms with Crippen molar-refractivity contribution in [1.82, 2.24) is 4.90 Å². The van der Waals surface area contributed by atoms with Crippen LogP contribution in [0.15, 0.2) is 65.6 Å². The first-order chi connectivity index (χ1) is 21.6. The number of esters is 1. The standard InChI is InChI=1S/C32H30ClN3O8S/c1-4-13-43-31(40)23-16-22(10-11-24(23)33)35-28(37)17-36-30(39)27(45-32(36)41)15-20-7-12-25(26(14-20)42-3)44-18-29(38)34-21-8-5-19(2)6-9-21/h5-12,14-16H,4,13,17-18H2,1-3H3,(H,34,38)(H,35,37)/b27-15+. The van der Waals surface area contributed by atoms with Gasteiger partial charge in [0, 0.05) is 11.4 Å². The summed E-state index contributed by atoms with van der Waals surface area (Å²) in [6.45, 7) is 3.22. The predicted octanol–water partition coefficient (Wildman–Crippen LogP) is 5.92. The SMILES string of the molecule is CCCOC(=O)c1cc(NC(=O)CN2C(=O)S/C(=C/c3ccc(OCC(=O)Nc4ccc(C)cc4)c(OC)c3)C2=O)ccc1Cl. The Morgan fingerprint density at radius 3 is 2.36 bits per heavy atom. The van der Waals surface area contributed by atoms with E-state index in [1.165, 1.54) is 31.4 Å². The highest BCUT2D eigenvalue weighted by Gasteiger charge is 2.36. The summed E-state index contributed by atoms with van der Waals surface area (Å²) >= 11 is 6.79. The van der Waals surface area contributed by atoms with Gasteiger partial charge in [0.2, 0.25) is 5.91 Å². The molecule has 1 fully saturated rings. The first-order valence-electron chi connectivity index (χ1n) is 13.8. The molecule has 0 aliphatic carbocycles. The number of carbonyl (C=O) groups excluding carboxylic acids is 5. The molecule has 0 unspecified atom stereocenters. The summed E-state index contributed by atoms with van der Waals surface area (Å²) < 4.78 is 16.1. The lowest BCUT2D eigenvalue weighted by Crippen LogP contribution is -2.36. The van der Waals surface area contributed by atoms with Crippen LogP contribution in [0.3, 0.4) is 0 Å². The van der Waals surface area contributed by atoms with Gasteiger partial charge in [-0.1, -0.05) is 42.3 Å².